The average Bonchev–Trinajstić information content (AvgIpc) is 2.20. The van der Waals surface area contributed by atoms with Crippen LogP contribution in [-0.2, 0) is 4.74 Å². The zero-order valence-corrected chi connectivity index (χ0v) is 10.5. The summed E-state index contributed by atoms with van der Waals surface area (Å²) in [4.78, 5) is 0. The normalized spacial score (nSPS) is 10.5. The zero-order valence-electron chi connectivity index (χ0n) is 10.5. The largest absolute Gasteiger partial charge is 0.380 e. The summed E-state index contributed by atoms with van der Waals surface area (Å²) in [5, 5.41) is 3.38. The molecule has 0 aromatic carbocycles. The zero-order chi connectivity index (χ0) is 11.4. The van der Waals surface area contributed by atoms with Gasteiger partial charge in [-0.15, -0.1) is 6.58 Å². The Morgan fingerprint density at radius 1 is 1.13 bits per heavy atom. The monoisotopic (exact) mass is 213 g/mol. The van der Waals surface area contributed by atoms with Crippen molar-refractivity contribution in [1.29, 1.82) is 0 Å². The minimum Gasteiger partial charge on any atom is -0.380 e. The van der Waals surface area contributed by atoms with Crippen LogP contribution in [0.3, 0.4) is 0 Å². The predicted octanol–water partition coefficient (Wildman–Crippen LogP) is 3.14. The van der Waals surface area contributed by atoms with Gasteiger partial charge in [-0.05, 0) is 26.3 Å². The van der Waals surface area contributed by atoms with E-state index < -0.39 is 0 Å². The number of unbranched alkanes of at least 4 members (excludes halogenated alkanes) is 3. The fourth-order valence-corrected chi connectivity index (χ4v) is 1.29. The first-order valence-electron chi connectivity index (χ1n) is 6.20. The van der Waals surface area contributed by atoms with Crippen LogP contribution in [0, 0.1) is 0 Å². The maximum atomic E-state index is 5.45. The highest BCUT2D eigenvalue weighted by molar-refractivity contribution is 4.86. The van der Waals surface area contributed by atoms with E-state index in [1.165, 1.54) is 31.3 Å². The van der Waals surface area contributed by atoms with E-state index >= 15 is 0 Å². The minimum absolute atomic E-state index is 0.812. The van der Waals surface area contributed by atoms with Crippen LogP contribution in [0.15, 0.2) is 12.2 Å². The SMILES string of the molecule is C=C(C)CCOCCNCCCCCC. The topological polar surface area (TPSA) is 21.3 Å². The van der Waals surface area contributed by atoms with E-state index in [9.17, 15) is 0 Å². The number of hydrogen-bond acceptors (Lipinski definition) is 2. The molecule has 0 aromatic rings. The molecule has 0 unspecified atom stereocenters. The molecule has 1 N–H and O–H groups in total. The molecule has 0 heterocycles. The van der Waals surface area contributed by atoms with Crippen molar-refractivity contribution in [2.24, 2.45) is 0 Å². The van der Waals surface area contributed by atoms with Crippen LogP contribution in [0.5, 0.6) is 0 Å². The van der Waals surface area contributed by atoms with Crippen LogP contribution in [0.25, 0.3) is 0 Å². The van der Waals surface area contributed by atoms with Gasteiger partial charge in [-0.25, -0.2) is 0 Å². The van der Waals surface area contributed by atoms with E-state index in [2.05, 4.69) is 18.8 Å². The van der Waals surface area contributed by atoms with Gasteiger partial charge in [-0.3, -0.25) is 0 Å². The van der Waals surface area contributed by atoms with E-state index in [1.54, 1.807) is 0 Å². The highest BCUT2D eigenvalue weighted by Crippen LogP contribution is 1.97. The summed E-state index contributed by atoms with van der Waals surface area (Å²) >= 11 is 0. The molecular weight excluding hydrogens is 186 g/mol. The molecule has 0 aromatic heterocycles. The quantitative estimate of drug-likeness (QED) is 0.420. The smallest absolute Gasteiger partial charge is 0.0591 e. The number of hydrogen-bond donors (Lipinski definition) is 1. The molecule has 0 aliphatic heterocycles. The van der Waals surface area contributed by atoms with E-state index in [0.717, 1.165) is 32.7 Å². The molecule has 0 rings (SSSR count). The lowest BCUT2D eigenvalue weighted by atomic mass is 10.2. The Balaban J connectivity index is 2.89. The summed E-state index contributed by atoms with van der Waals surface area (Å²) in [6, 6.07) is 0. The van der Waals surface area contributed by atoms with Gasteiger partial charge in [0.05, 0.1) is 13.2 Å². The van der Waals surface area contributed by atoms with Gasteiger partial charge in [0.25, 0.3) is 0 Å². The molecule has 0 aliphatic carbocycles. The molecule has 0 atom stereocenters. The van der Waals surface area contributed by atoms with Gasteiger partial charge >= 0.3 is 0 Å². The van der Waals surface area contributed by atoms with Crippen molar-refractivity contribution in [1.82, 2.24) is 5.32 Å². The minimum atomic E-state index is 0.812. The molecule has 2 heteroatoms. The highest BCUT2D eigenvalue weighted by atomic mass is 16.5. The average molecular weight is 213 g/mol. The maximum Gasteiger partial charge on any atom is 0.0591 e. The Bertz CT molecular complexity index is 145. The molecule has 0 radical (unpaired) electrons. The van der Waals surface area contributed by atoms with Crippen LogP contribution >= 0.6 is 0 Å². The van der Waals surface area contributed by atoms with E-state index in [4.69, 9.17) is 4.74 Å². The van der Waals surface area contributed by atoms with Gasteiger partial charge in [0, 0.05) is 6.54 Å². The van der Waals surface area contributed by atoms with Crippen LogP contribution in [0.1, 0.15) is 46.0 Å². The van der Waals surface area contributed by atoms with E-state index in [0.29, 0.717) is 0 Å². The van der Waals surface area contributed by atoms with Crippen molar-refractivity contribution in [3.8, 4) is 0 Å². The molecular formula is C13H27NO. The lowest BCUT2D eigenvalue weighted by Gasteiger charge is -2.05. The summed E-state index contributed by atoms with van der Waals surface area (Å²) in [6.07, 6.45) is 6.29. The Morgan fingerprint density at radius 2 is 1.93 bits per heavy atom. The first kappa shape index (κ1) is 14.7. The Kier molecular flexibility index (Phi) is 11.5. The van der Waals surface area contributed by atoms with E-state index in [1.807, 2.05) is 6.92 Å². The molecule has 0 aliphatic rings. The second-order valence-electron chi connectivity index (χ2n) is 4.13. The third kappa shape index (κ3) is 13.7. The van der Waals surface area contributed by atoms with Crippen molar-refractivity contribution in [3.63, 3.8) is 0 Å². The molecule has 0 saturated carbocycles. The van der Waals surface area contributed by atoms with Crippen molar-refractivity contribution in [2.75, 3.05) is 26.3 Å². The second kappa shape index (κ2) is 11.7. The van der Waals surface area contributed by atoms with Crippen molar-refractivity contribution in [3.05, 3.63) is 12.2 Å². The lowest BCUT2D eigenvalue weighted by molar-refractivity contribution is 0.139. The first-order valence-corrected chi connectivity index (χ1v) is 6.20. The summed E-state index contributed by atoms with van der Waals surface area (Å²) in [5.74, 6) is 0. The summed E-state index contributed by atoms with van der Waals surface area (Å²) in [5.41, 5.74) is 1.20. The molecule has 0 spiro atoms. The third-order valence-corrected chi connectivity index (χ3v) is 2.30. The molecule has 15 heavy (non-hydrogen) atoms. The summed E-state index contributed by atoms with van der Waals surface area (Å²) in [7, 11) is 0. The molecule has 0 saturated heterocycles. The van der Waals surface area contributed by atoms with Crippen molar-refractivity contribution in [2.45, 2.75) is 46.0 Å². The van der Waals surface area contributed by atoms with Crippen LogP contribution < -0.4 is 5.32 Å². The van der Waals surface area contributed by atoms with Gasteiger partial charge in [-0.2, -0.15) is 0 Å². The second-order valence-corrected chi connectivity index (χ2v) is 4.13. The fourth-order valence-electron chi connectivity index (χ4n) is 1.29. The van der Waals surface area contributed by atoms with E-state index in [-0.39, 0.29) is 0 Å². The highest BCUT2D eigenvalue weighted by Gasteiger charge is 1.90. The number of nitrogens with one attached hydrogen (secondary N) is 1. The Morgan fingerprint density at radius 3 is 2.60 bits per heavy atom. The lowest BCUT2D eigenvalue weighted by Crippen LogP contribution is -2.21. The van der Waals surface area contributed by atoms with Crippen LogP contribution in [-0.4, -0.2) is 26.3 Å². The summed E-state index contributed by atoms with van der Waals surface area (Å²) < 4.78 is 5.45. The summed E-state index contributed by atoms with van der Waals surface area (Å²) in [6.45, 7) is 11.8. The van der Waals surface area contributed by atoms with Gasteiger partial charge in [0.1, 0.15) is 0 Å². The van der Waals surface area contributed by atoms with Gasteiger partial charge < -0.3 is 10.1 Å². The first-order chi connectivity index (χ1) is 7.27. The molecule has 0 bridgehead atoms. The third-order valence-electron chi connectivity index (χ3n) is 2.30. The van der Waals surface area contributed by atoms with Gasteiger partial charge in [-0.1, -0.05) is 31.8 Å². The Labute approximate surface area is 95.1 Å². The van der Waals surface area contributed by atoms with Crippen LogP contribution in [0.4, 0.5) is 0 Å². The standard InChI is InChI=1S/C13H27NO/c1-4-5-6-7-9-14-10-12-15-11-8-13(2)3/h14H,2,4-12H2,1,3H3. The molecule has 90 valence electrons. The Hall–Kier alpha value is -0.340. The number of rotatable bonds is 11. The van der Waals surface area contributed by atoms with Gasteiger partial charge in [0.2, 0.25) is 0 Å². The van der Waals surface area contributed by atoms with Crippen molar-refractivity contribution >= 4 is 0 Å². The van der Waals surface area contributed by atoms with Crippen LogP contribution in [0.2, 0.25) is 0 Å². The fraction of sp³-hybridized carbons (Fsp3) is 0.846. The predicted molar refractivity (Wildman–Crippen MR) is 67.3 cm³/mol. The van der Waals surface area contributed by atoms with Gasteiger partial charge in [0.15, 0.2) is 0 Å². The number of ether oxygens (including phenoxy) is 1. The molecule has 0 amide bonds. The maximum absolute atomic E-state index is 5.45. The van der Waals surface area contributed by atoms with Crippen molar-refractivity contribution < 1.29 is 4.74 Å². The molecule has 0 fully saturated rings. The molecule has 2 nitrogen and oxygen atoms in total.